The van der Waals surface area contributed by atoms with Gasteiger partial charge in [0.2, 0.25) is 0 Å². The number of hydrogen-bond acceptors (Lipinski definition) is 8. The zero-order chi connectivity index (χ0) is 21.2. The number of nitro benzene ring substituents is 1. The second kappa shape index (κ2) is 7.63. The molecule has 0 atom stereocenters. The third kappa shape index (κ3) is 4.52. The van der Waals surface area contributed by atoms with E-state index in [-0.39, 0.29) is 11.3 Å². The van der Waals surface area contributed by atoms with E-state index < -0.39 is 22.6 Å². The first-order chi connectivity index (χ1) is 13.7. The molecule has 2 aromatic rings. The quantitative estimate of drug-likeness (QED) is 0.246. The summed E-state index contributed by atoms with van der Waals surface area (Å²) in [7, 11) is 1.43. The van der Waals surface area contributed by atoms with Crippen LogP contribution in [-0.4, -0.2) is 29.8 Å². The Balaban J connectivity index is 1.84. The Hall–Kier alpha value is -3.88. The molecule has 0 unspecified atom stereocenters. The number of nitrogens with zero attached hydrogens (tertiary/aromatic N) is 1. The van der Waals surface area contributed by atoms with Gasteiger partial charge in [0, 0.05) is 26.0 Å². The Morgan fingerprint density at radius 1 is 1.00 bits per heavy atom. The van der Waals surface area contributed by atoms with Gasteiger partial charge < -0.3 is 18.9 Å². The monoisotopic (exact) mass is 399 g/mol. The number of non-ortho nitro benzene ring substituents is 1. The van der Waals surface area contributed by atoms with Crippen LogP contribution in [0.5, 0.6) is 17.2 Å². The van der Waals surface area contributed by atoms with E-state index in [1.807, 2.05) is 0 Å². The lowest BCUT2D eigenvalue weighted by Crippen LogP contribution is -2.41. The maximum absolute atomic E-state index is 12.1. The SMILES string of the molecule is COc1cc(C=C2C(=O)OC(C)(C)OC2=O)ccc1Oc1ccc([N+](=O)[O-])cc1. The largest absolute Gasteiger partial charge is 0.493 e. The summed E-state index contributed by atoms with van der Waals surface area (Å²) >= 11 is 0. The number of esters is 2. The second-order valence-electron chi connectivity index (χ2n) is 6.50. The highest BCUT2D eigenvalue weighted by atomic mass is 16.7. The maximum Gasteiger partial charge on any atom is 0.348 e. The molecular weight excluding hydrogens is 382 g/mol. The van der Waals surface area contributed by atoms with E-state index in [1.165, 1.54) is 51.3 Å². The van der Waals surface area contributed by atoms with Gasteiger partial charge in [-0.05, 0) is 35.9 Å². The van der Waals surface area contributed by atoms with Crippen LogP contribution < -0.4 is 9.47 Å². The Labute approximate surface area is 165 Å². The smallest absolute Gasteiger partial charge is 0.348 e. The molecule has 1 heterocycles. The molecule has 0 aliphatic carbocycles. The lowest BCUT2D eigenvalue weighted by atomic mass is 10.1. The number of carbonyl (C=O) groups is 2. The molecule has 0 amide bonds. The minimum Gasteiger partial charge on any atom is -0.493 e. The highest BCUT2D eigenvalue weighted by Gasteiger charge is 2.38. The van der Waals surface area contributed by atoms with E-state index in [1.54, 1.807) is 18.2 Å². The van der Waals surface area contributed by atoms with Crippen molar-refractivity contribution >= 4 is 23.7 Å². The molecule has 2 aromatic carbocycles. The molecule has 1 saturated heterocycles. The van der Waals surface area contributed by atoms with Crippen LogP contribution >= 0.6 is 0 Å². The first kappa shape index (κ1) is 19.9. The second-order valence-corrected chi connectivity index (χ2v) is 6.50. The van der Waals surface area contributed by atoms with Gasteiger partial charge in [-0.3, -0.25) is 10.1 Å². The predicted molar refractivity (Wildman–Crippen MR) is 100 cm³/mol. The maximum atomic E-state index is 12.1. The van der Waals surface area contributed by atoms with Crippen LogP contribution in [0.25, 0.3) is 6.08 Å². The van der Waals surface area contributed by atoms with Crippen molar-refractivity contribution in [3.05, 3.63) is 63.7 Å². The van der Waals surface area contributed by atoms with Gasteiger partial charge in [0.1, 0.15) is 11.3 Å². The number of rotatable bonds is 5. The number of benzene rings is 2. The van der Waals surface area contributed by atoms with E-state index in [9.17, 15) is 19.7 Å². The number of nitro groups is 1. The van der Waals surface area contributed by atoms with Crippen molar-refractivity contribution in [3.8, 4) is 17.2 Å². The topological polar surface area (TPSA) is 114 Å². The van der Waals surface area contributed by atoms with Gasteiger partial charge in [-0.15, -0.1) is 0 Å². The van der Waals surface area contributed by atoms with Gasteiger partial charge in [-0.25, -0.2) is 9.59 Å². The molecule has 150 valence electrons. The summed E-state index contributed by atoms with van der Waals surface area (Å²) < 4.78 is 21.1. The van der Waals surface area contributed by atoms with Gasteiger partial charge in [-0.1, -0.05) is 6.07 Å². The molecule has 9 heteroatoms. The fourth-order valence-corrected chi connectivity index (χ4v) is 2.57. The average molecular weight is 399 g/mol. The summed E-state index contributed by atoms with van der Waals surface area (Å²) in [5.74, 6) is -1.82. The molecule has 9 nitrogen and oxygen atoms in total. The molecule has 1 fully saturated rings. The Kier molecular flexibility index (Phi) is 5.22. The molecular formula is C20H17NO8. The first-order valence-electron chi connectivity index (χ1n) is 8.47. The summed E-state index contributed by atoms with van der Waals surface area (Å²) in [5.41, 5.74) is 0.192. The third-order valence-corrected chi connectivity index (χ3v) is 3.89. The van der Waals surface area contributed by atoms with Gasteiger partial charge in [0.15, 0.2) is 11.5 Å². The number of methoxy groups -OCH3 is 1. The van der Waals surface area contributed by atoms with Crippen LogP contribution in [0.1, 0.15) is 19.4 Å². The molecule has 29 heavy (non-hydrogen) atoms. The fraction of sp³-hybridized carbons (Fsp3) is 0.200. The minimum absolute atomic E-state index is 0.0549. The highest BCUT2D eigenvalue weighted by Crippen LogP contribution is 2.34. The summed E-state index contributed by atoms with van der Waals surface area (Å²) in [6.07, 6.45) is 1.33. The fourth-order valence-electron chi connectivity index (χ4n) is 2.57. The van der Waals surface area contributed by atoms with Crippen LogP contribution in [0.4, 0.5) is 5.69 Å². The number of hydrogen-bond donors (Lipinski definition) is 0. The van der Waals surface area contributed by atoms with E-state index in [0.29, 0.717) is 22.8 Å². The van der Waals surface area contributed by atoms with E-state index >= 15 is 0 Å². The zero-order valence-corrected chi connectivity index (χ0v) is 15.8. The standard InChI is InChI=1S/C20H17NO8/c1-20(2)28-18(22)15(19(23)29-20)10-12-4-9-16(17(11-12)26-3)27-14-7-5-13(6-8-14)21(24)25/h4-11H,1-3H3. The van der Waals surface area contributed by atoms with Crippen LogP contribution in [0.2, 0.25) is 0 Å². The van der Waals surface area contributed by atoms with Crippen molar-refractivity contribution in [1.29, 1.82) is 0 Å². The van der Waals surface area contributed by atoms with Crippen molar-refractivity contribution in [2.75, 3.05) is 7.11 Å². The van der Waals surface area contributed by atoms with Crippen LogP contribution in [-0.2, 0) is 19.1 Å². The Bertz CT molecular complexity index is 986. The lowest BCUT2D eigenvalue weighted by Gasteiger charge is -2.29. The molecule has 0 N–H and O–H groups in total. The van der Waals surface area contributed by atoms with Gasteiger partial charge >= 0.3 is 11.9 Å². The number of carbonyl (C=O) groups excluding carboxylic acids is 2. The van der Waals surface area contributed by atoms with Crippen LogP contribution in [0.15, 0.2) is 48.0 Å². The molecule has 0 saturated carbocycles. The average Bonchev–Trinajstić information content (AvgIpc) is 2.65. The Morgan fingerprint density at radius 2 is 1.62 bits per heavy atom. The van der Waals surface area contributed by atoms with Crippen molar-refractivity contribution in [3.63, 3.8) is 0 Å². The normalized spacial score (nSPS) is 15.2. The molecule has 1 aliphatic rings. The summed E-state index contributed by atoms with van der Waals surface area (Å²) in [6.45, 7) is 2.93. The van der Waals surface area contributed by atoms with Crippen molar-refractivity contribution in [2.45, 2.75) is 19.6 Å². The van der Waals surface area contributed by atoms with Crippen molar-refractivity contribution in [2.24, 2.45) is 0 Å². The molecule has 3 rings (SSSR count). The summed E-state index contributed by atoms with van der Waals surface area (Å²) in [4.78, 5) is 34.4. The van der Waals surface area contributed by atoms with Crippen molar-refractivity contribution < 1.29 is 33.5 Å². The van der Waals surface area contributed by atoms with Crippen LogP contribution in [0, 0.1) is 10.1 Å². The molecule has 1 aliphatic heterocycles. The van der Waals surface area contributed by atoms with Crippen LogP contribution in [0.3, 0.4) is 0 Å². The molecule has 0 radical (unpaired) electrons. The number of cyclic esters (lactones) is 2. The zero-order valence-electron chi connectivity index (χ0n) is 15.8. The lowest BCUT2D eigenvalue weighted by molar-refractivity contribution is -0.384. The van der Waals surface area contributed by atoms with Gasteiger partial charge in [0.25, 0.3) is 11.5 Å². The van der Waals surface area contributed by atoms with Gasteiger partial charge in [0.05, 0.1) is 12.0 Å². The summed E-state index contributed by atoms with van der Waals surface area (Å²) in [5, 5.41) is 10.7. The first-order valence-corrected chi connectivity index (χ1v) is 8.47. The molecule has 0 aromatic heterocycles. The van der Waals surface area contributed by atoms with Gasteiger partial charge in [-0.2, -0.15) is 0 Å². The Morgan fingerprint density at radius 3 is 2.17 bits per heavy atom. The number of ether oxygens (including phenoxy) is 4. The van der Waals surface area contributed by atoms with E-state index in [2.05, 4.69) is 0 Å². The third-order valence-electron chi connectivity index (χ3n) is 3.89. The minimum atomic E-state index is -1.31. The molecule has 0 bridgehead atoms. The van der Waals surface area contributed by atoms with Crippen molar-refractivity contribution in [1.82, 2.24) is 0 Å². The highest BCUT2D eigenvalue weighted by molar-refractivity contribution is 6.18. The summed E-state index contributed by atoms with van der Waals surface area (Å²) in [6, 6.07) is 10.3. The van der Waals surface area contributed by atoms with E-state index in [4.69, 9.17) is 18.9 Å². The van der Waals surface area contributed by atoms with E-state index in [0.717, 1.165) is 0 Å². The predicted octanol–water partition coefficient (Wildman–Crippen LogP) is 3.62. The molecule has 0 spiro atoms.